The fourth-order valence-corrected chi connectivity index (χ4v) is 2.65. The van der Waals surface area contributed by atoms with Crippen LogP contribution < -0.4 is 4.31 Å². The fourth-order valence-electron chi connectivity index (χ4n) is 1.70. The molecule has 1 aliphatic heterocycles. The molecule has 0 aromatic carbocycles. The fraction of sp³-hybridized carbons (Fsp3) is 0.333. The first kappa shape index (κ1) is 10.9. The van der Waals surface area contributed by atoms with E-state index in [0.717, 1.165) is 11.8 Å². The standard InChI is InChI=1S/C9H10N2O4S/c1-16(14,15)11-3-2-6-5-10-7(9(12)13)4-8(6)11/h4-5H,2-3H2,1H3,(H,12,13). The minimum Gasteiger partial charge on any atom is -0.477 e. The van der Waals surface area contributed by atoms with Crippen LogP contribution in [0.1, 0.15) is 16.1 Å². The van der Waals surface area contributed by atoms with Crippen LogP contribution in [0.15, 0.2) is 12.3 Å². The summed E-state index contributed by atoms with van der Waals surface area (Å²) in [5, 5.41) is 8.77. The Morgan fingerprint density at radius 2 is 2.25 bits per heavy atom. The number of fused-ring (bicyclic) bond motifs is 1. The van der Waals surface area contributed by atoms with Crippen molar-refractivity contribution in [2.45, 2.75) is 6.42 Å². The maximum atomic E-state index is 11.4. The smallest absolute Gasteiger partial charge is 0.354 e. The van der Waals surface area contributed by atoms with Crippen LogP contribution in [-0.4, -0.2) is 37.3 Å². The quantitative estimate of drug-likeness (QED) is 0.794. The molecular weight excluding hydrogens is 232 g/mol. The van der Waals surface area contributed by atoms with E-state index >= 15 is 0 Å². The van der Waals surface area contributed by atoms with E-state index in [4.69, 9.17) is 5.11 Å². The molecule has 0 atom stereocenters. The van der Waals surface area contributed by atoms with E-state index in [1.807, 2.05) is 0 Å². The van der Waals surface area contributed by atoms with Gasteiger partial charge in [0.1, 0.15) is 5.69 Å². The van der Waals surface area contributed by atoms with Gasteiger partial charge in [0, 0.05) is 12.7 Å². The summed E-state index contributed by atoms with van der Waals surface area (Å²) in [7, 11) is -3.35. The Morgan fingerprint density at radius 3 is 2.81 bits per heavy atom. The molecule has 0 spiro atoms. The molecule has 0 saturated heterocycles. The van der Waals surface area contributed by atoms with E-state index in [2.05, 4.69) is 4.98 Å². The lowest BCUT2D eigenvalue weighted by Gasteiger charge is -2.16. The second-order valence-electron chi connectivity index (χ2n) is 3.59. The normalized spacial score (nSPS) is 14.9. The summed E-state index contributed by atoms with van der Waals surface area (Å²) >= 11 is 0. The van der Waals surface area contributed by atoms with E-state index < -0.39 is 16.0 Å². The van der Waals surface area contributed by atoms with Gasteiger partial charge in [-0.3, -0.25) is 4.31 Å². The average Bonchev–Trinajstić information content (AvgIpc) is 2.58. The highest BCUT2D eigenvalue weighted by Gasteiger charge is 2.27. The molecule has 0 fully saturated rings. The molecule has 2 rings (SSSR count). The number of carbonyl (C=O) groups is 1. The van der Waals surface area contributed by atoms with E-state index in [1.54, 1.807) is 0 Å². The first-order valence-electron chi connectivity index (χ1n) is 4.59. The number of rotatable bonds is 2. The predicted octanol–water partition coefficient (Wildman–Crippen LogP) is 0.102. The summed E-state index contributed by atoms with van der Waals surface area (Å²) in [6.07, 6.45) is 3.09. The lowest BCUT2D eigenvalue weighted by molar-refractivity contribution is 0.0690. The molecule has 16 heavy (non-hydrogen) atoms. The molecule has 6 nitrogen and oxygen atoms in total. The number of carboxylic acids is 1. The van der Waals surface area contributed by atoms with Crippen molar-refractivity contribution in [3.05, 3.63) is 23.5 Å². The monoisotopic (exact) mass is 242 g/mol. The molecule has 0 amide bonds. The van der Waals surface area contributed by atoms with Crippen LogP contribution in [0.3, 0.4) is 0 Å². The first-order valence-corrected chi connectivity index (χ1v) is 6.44. The van der Waals surface area contributed by atoms with Gasteiger partial charge in [0.25, 0.3) is 0 Å². The molecular formula is C9H10N2O4S. The third-order valence-corrected chi connectivity index (χ3v) is 3.61. The Morgan fingerprint density at radius 1 is 1.56 bits per heavy atom. The number of aromatic nitrogens is 1. The molecule has 1 aliphatic rings. The highest BCUT2D eigenvalue weighted by Crippen LogP contribution is 2.29. The summed E-state index contributed by atoms with van der Waals surface area (Å²) in [6, 6.07) is 1.30. The molecule has 1 aromatic heterocycles. The van der Waals surface area contributed by atoms with Crippen LogP contribution in [-0.2, 0) is 16.4 Å². The molecule has 86 valence electrons. The number of sulfonamides is 1. The maximum absolute atomic E-state index is 11.4. The van der Waals surface area contributed by atoms with Gasteiger partial charge in [-0.05, 0) is 18.1 Å². The van der Waals surface area contributed by atoms with Gasteiger partial charge in [-0.25, -0.2) is 18.2 Å². The minimum absolute atomic E-state index is 0.144. The molecule has 2 heterocycles. The van der Waals surface area contributed by atoms with Gasteiger partial charge in [-0.2, -0.15) is 0 Å². The molecule has 0 saturated carbocycles. The summed E-state index contributed by atoms with van der Waals surface area (Å²) in [5.74, 6) is -1.16. The van der Waals surface area contributed by atoms with Gasteiger partial charge in [-0.1, -0.05) is 0 Å². The van der Waals surface area contributed by atoms with E-state index in [1.165, 1.54) is 16.6 Å². The van der Waals surface area contributed by atoms with Crippen molar-refractivity contribution < 1.29 is 18.3 Å². The number of aromatic carboxylic acids is 1. The van der Waals surface area contributed by atoms with Gasteiger partial charge in [0.2, 0.25) is 10.0 Å². The first-order chi connectivity index (χ1) is 7.39. The Bertz CT molecular complexity index is 553. The van der Waals surface area contributed by atoms with Crippen molar-refractivity contribution in [1.29, 1.82) is 0 Å². The zero-order valence-corrected chi connectivity index (χ0v) is 9.36. The summed E-state index contributed by atoms with van der Waals surface area (Å²) < 4.78 is 24.1. The number of carboxylic acid groups (broad SMARTS) is 1. The number of anilines is 1. The molecule has 1 N–H and O–H groups in total. The van der Waals surface area contributed by atoms with Crippen LogP contribution >= 0.6 is 0 Å². The second-order valence-corrected chi connectivity index (χ2v) is 5.50. The summed E-state index contributed by atoms with van der Waals surface area (Å²) in [6.45, 7) is 0.346. The lowest BCUT2D eigenvalue weighted by Crippen LogP contribution is -2.27. The summed E-state index contributed by atoms with van der Waals surface area (Å²) in [5.41, 5.74) is 1.04. The van der Waals surface area contributed by atoms with E-state index in [9.17, 15) is 13.2 Å². The van der Waals surface area contributed by atoms with Gasteiger partial charge >= 0.3 is 5.97 Å². The van der Waals surface area contributed by atoms with Crippen LogP contribution in [0.25, 0.3) is 0 Å². The van der Waals surface area contributed by atoms with Gasteiger partial charge in [-0.15, -0.1) is 0 Å². The molecule has 0 unspecified atom stereocenters. The Balaban J connectivity index is 2.53. The lowest BCUT2D eigenvalue weighted by atomic mass is 10.2. The number of hydrogen-bond donors (Lipinski definition) is 1. The average molecular weight is 242 g/mol. The largest absolute Gasteiger partial charge is 0.477 e. The third-order valence-electron chi connectivity index (χ3n) is 2.43. The number of hydrogen-bond acceptors (Lipinski definition) is 4. The Labute approximate surface area is 92.6 Å². The SMILES string of the molecule is CS(=O)(=O)N1CCc2cnc(C(=O)O)cc21. The molecule has 0 radical (unpaired) electrons. The van der Waals surface area contributed by atoms with Crippen molar-refractivity contribution in [2.75, 3.05) is 17.1 Å². The maximum Gasteiger partial charge on any atom is 0.354 e. The van der Waals surface area contributed by atoms with Crippen LogP contribution in [0.5, 0.6) is 0 Å². The van der Waals surface area contributed by atoms with Gasteiger partial charge in [0.15, 0.2) is 0 Å². The van der Waals surface area contributed by atoms with Crippen LogP contribution in [0.4, 0.5) is 5.69 Å². The Hall–Kier alpha value is -1.63. The van der Waals surface area contributed by atoms with Crippen molar-refractivity contribution in [3.8, 4) is 0 Å². The number of pyridine rings is 1. The Kier molecular flexibility index (Phi) is 2.34. The van der Waals surface area contributed by atoms with Crippen LogP contribution in [0.2, 0.25) is 0 Å². The van der Waals surface area contributed by atoms with Gasteiger partial charge in [0.05, 0.1) is 11.9 Å². The molecule has 7 heteroatoms. The van der Waals surface area contributed by atoms with Crippen molar-refractivity contribution in [2.24, 2.45) is 0 Å². The molecule has 0 bridgehead atoms. The third kappa shape index (κ3) is 1.73. The van der Waals surface area contributed by atoms with E-state index in [-0.39, 0.29) is 5.69 Å². The molecule has 1 aromatic rings. The van der Waals surface area contributed by atoms with E-state index in [0.29, 0.717) is 18.7 Å². The van der Waals surface area contributed by atoms with Crippen molar-refractivity contribution >= 4 is 21.7 Å². The molecule has 0 aliphatic carbocycles. The zero-order valence-electron chi connectivity index (χ0n) is 8.54. The highest BCUT2D eigenvalue weighted by molar-refractivity contribution is 7.92. The number of nitrogens with zero attached hydrogens (tertiary/aromatic N) is 2. The predicted molar refractivity (Wildman–Crippen MR) is 57.1 cm³/mol. The van der Waals surface area contributed by atoms with Crippen molar-refractivity contribution in [3.63, 3.8) is 0 Å². The minimum atomic E-state index is -3.35. The second kappa shape index (κ2) is 3.44. The zero-order chi connectivity index (χ0) is 11.9. The topological polar surface area (TPSA) is 87.6 Å². The summed E-state index contributed by atoms with van der Waals surface area (Å²) in [4.78, 5) is 14.5. The van der Waals surface area contributed by atoms with Gasteiger partial charge < -0.3 is 5.11 Å². The van der Waals surface area contributed by atoms with Crippen LogP contribution in [0, 0.1) is 0 Å². The van der Waals surface area contributed by atoms with Crippen molar-refractivity contribution in [1.82, 2.24) is 4.98 Å². The highest BCUT2D eigenvalue weighted by atomic mass is 32.2.